The predicted molar refractivity (Wildman–Crippen MR) is 156 cm³/mol. The summed E-state index contributed by atoms with van der Waals surface area (Å²) in [5.41, 5.74) is 0.912. The van der Waals surface area contributed by atoms with E-state index in [1.54, 1.807) is 12.1 Å². The first kappa shape index (κ1) is 28.7. The highest BCUT2D eigenvalue weighted by molar-refractivity contribution is 5.89. The smallest absolute Gasteiger partial charge is 0.335 e. The number of aliphatic hydroxyl groups excluding tert-OH is 2. The van der Waals surface area contributed by atoms with E-state index >= 15 is 0 Å². The normalized spacial score (nSPS) is 48.8. The highest BCUT2D eigenvalue weighted by Crippen LogP contribution is 2.70. The molecule has 0 bridgehead atoms. The molecule has 40 heavy (non-hydrogen) atoms. The molecule has 0 saturated heterocycles. The van der Waals surface area contributed by atoms with Crippen molar-refractivity contribution < 1.29 is 25.2 Å². The Balaban J connectivity index is 1.17. The van der Waals surface area contributed by atoms with Crippen LogP contribution in [0.4, 0.5) is 0 Å². The van der Waals surface area contributed by atoms with Crippen LogP contribution in [0.3, 0.4) is 0 Å². The molecule has 5 heteroatoms. The van der Waals surface area contributed by atoms with Crippen LogP contribution in [0, 0.1) is 52.3 Å². The fourth-order valence-electron chi connectivity index (χ4n) is 12.0. The first-order chi connectivity index (χ1) is 18.9. The molecule has 1 aromatic rings. The molecular formula is C35H52O5. The molecule has 0 spiro atoms. The summed E-state index contributed by atoms with van der Waals surface area (Å²) in [6.45, 7) is 9.58. The van der Waals surface area contributed by atoms with Crippen molar-refractivity contribution in [2.24, 2.45) is 52.3 Å². The topological polar surface area (TPSA) is 98.0 Å². The maximum absolute atomic E-state index is 12.0. The lowest BCUT2D eigenvalue weighted by atomic mass is 9.41. The van der Waals surface area contributed by atoms with Crippen molar-refractivity contribution >= 4 is 5.97 Å². The van der Waals surface area contributed by atoms with Crippen molar-refractivity contribution in [3.63, 3.8) is 0 Å². The van der Waals surface area contributed by atoms with E-state index < -0.39 is 11.6 Å². The second-order valence-electron chi connectivity index (χ2n) is 15.5. The van der Waals surface area contributed by atoms with Gasteiger partial charge in [-0.05, 0) is 134 Å². The Labute approximate surface area is 240 Å². The quantitative estimate of drug-likeness (QED) is 0.317. The molecule has 0 amide bonds. The van der Waals surface area contributed by atoms with E-state index in [0.717, 1.165) is 37.7 Å². The minimum absolute atomic E-state index is 0.109. The van der Waals surface area contributed by atoms with Crippen molar-refractivity contribution in [1.29, 1.82) is 0 Å². The second-order valence-corrected chi connectivity index (χ2v) is 15.5. The van der Waals surface area contributed by atoms with Gasteiger partial charge in [0.05, 0.1) is 23.4 Å². The number of benzene rings is 1. The van der Waals surface area contributed by atoms with Gasteiger partial charge in [0.25, 0.3) is 0 Å². The molecule has 222 valence electrons. The zero-order chi connectivity index (χ0) is 28.6. The van der Waals surface area contributed by atoms with Gasteiger partial charge in [0.1, 0.15) is 0 Å². The monoisotopic (exact) mass is 552 g/mol. The van der Waals surface area contributed by atoms with Crippen molar-refractivity contribution in [3.05, 3.63) is 35.4 Å². The van der Waals surface area contributed by atoms with Gasteiger partial charge < -0.3 is 20.4 Å². The molecule has 5 saturated carbocycles. The lowest BCUT2D eigenvalue weighted by Crippen LogP contribution is -2.62. The van der Waals surface area contributed by atoms with Crippen LogP contribution < -0.4 is 0 Å². The van der Waals surface area contributed by atoms with Gasteiger partial charge in [-0.3, -0.25) is 0 Å². The molecule has 5 fully saturated rings. The maximum Gasteiger partial charge on any atom is 0.335 e. The molecule has 0 heterocycles. The van der Waals surface area contributed by atoms with E-state index in [-0.39, 0.29) is 34.9 Å². The summed E-state index contributed by atoms with van der Waals surface area (Å²) in [7, 11) is 0. The first-order valence-corrected chi connectivity index (χ1v) is 16.3. The van der Waals surface area contributed by atoms with Gasteiger partial charge in [-0.2, -0.15) is 0 Å². The maximum atomic E-state index is 12.0. The predicted octanol–water partition coefficient (Wildman–Crippen LogP) is 6.65. The Morgan fingerprint density at radius 1 is 0.975 bits per heavy atom. The number of carbonyl (C=O) groups is 1. The van der Waals surface area contributed by atoms with Crippen LogP contribution >= 0.6 is 0 Å². The third-order valence-electron chi connectivity index (χ3n) is 13.7. The molecule has 0 aliphatic heterocycles. The fraction of sp³-hybridized carbons (Fsp3) is 0.800. The van der Waals surface area contributed by atoms with Crippen LogP contribution in [0.15, 0.2) is 24.3 Å². The Kier molecular flexibility index (Phi) is 7.23. The number of hydrogen-bond donors (Lipinski definition) is 4. The van der Waals surface area contributed by atoms with Crippen LogP contribution in [-0.4, -0.2) is 44.2 Å². The molecule has 4 N–H and O–H groups in total. The van der Waals surface area contributed by atoms with Gasteiger partial charge in [-0.15, -0.1) is 0 Å². The Bertz CT molecular complexity index is 1110. The summed E-state index contributed by atoms with van der Waals surface area (Å²) in [5.74, 6) is 2.27. The Hall–Kier alpha value is -1.43. The summed E-state index contributed by atoms with van der Waals surface area (Å²) in [6.07, 6.45) is 10.1. The minimum atomic E-state index is -0.889. The molecule has 11 atom stereocenters. The lowest BCUT2D eigenvalue weighted by Gasteiger charge is -2.64. The van der Waals surface area contributed by atoms with Gasteiger partial charge in [-0.25, -0.2) is 4.79 Å². The summed E-state index contributed by atoms with van der Waals surface area (Å²) in [6, 6.07) is 7.26. The van der Waals surface area contributed by atoms with E-state index in [4.69, 9.17) is 0 Å². The van der Waals surface area contributed by atoms with E-state index in [1.807, 2.05) is 12.1 Å². The van der Waals surface area contributed by atoms with Gasteiger partial charge in [-0.1, -0.05) is 52.3 Å². The van der Waals surface area contributed by atoms with Crippen LogP contribution in [0.1, 0.15) is 120 Å². The third kappa shape index (κ3) is 4.31. The number of carboxylic acids is 1. The molecular weight excluding hydrogens is 500 g/mol. The second kappa shape index (κ2) is 10.1. The zero-order valence-corrected chi connectivity index (χ0v) is 25.1. The van der Waals surface area contributed by atoms with Crippen LogP contribution in [-0.2, 0) is 0 Å². The molecule has 0 radical (unpaired) electrons. The van der Waals surface area contributed by atoms with Gasteiger partial charge in [0.15, 0.2) is 0 Å². The fourth-order valence-corrected chi connectivity index (χ4v) is 12.0. The van der Waals surface area contributed by atoms with Gasteiger partial charge in [0.2, 0.25) is 0 Å². The number of aliphatic hydroxyl groups is 3. The molecule has 3 unspecified atom stereocenters. The average molecular weight is 553 g/mol. The van der Waals surface area contributed by atoms with Crippen molar-refractivity contribution in [3.8, 4) is 0 Å². The Morgan fingerprint density at radius 3 is 2.35 bits per heavy atom. The first-order valence-electron chi connectivity index (χ1n) is 16.3. The van der Waals surface area contributed by atoms with Crippen LogP contribution in [0.2, 0.25) is 0 Å². The standard InChI is InChI=1S/C35H52O5/c1-5-23-29-16-22(36)12-14-34(29,4)28-13-15-33(3)26(10-11-27(33)30(28)31(23)37)20(2)17-35(40)18-21(19-35)24-8-6-7-9-25(24)32(38)39/h6-9,20-23,26-31,36-37,40H,5,10-19H2,1-4H3,(H,38,39)/t20-,21?,22-,23-,26-,27?,28?,29+,30?,31-,33-,34-,35?/m1/s1. The largest absolute Gasteiger partial charge is 0.478 e. The number of fused-ring (bicyclic) bond motifs is 5. The zero-order valence-electron chi connectivity index (χ0n) is 25.1. The van der Waals surface area contributed by atoms with E-state index in [2.05, 4.69) is 27.7 Å². The van der Waals surface area contributed by atoms with Crippen molar-refractivity contribution in [2.75, 3.05) is 0 Å². The van der Waals surface area contributed by atoms with E-state index in [0.29, 0.717) is 53.9 Å². The number of aromatic carboxylic acids is 1. The molecule has 5 nitrogen and oxygen atoms in total. The Morgan fingerprint density at radius 2 is 1.65 bits per heavy atom. The molecule has 5 aliphatic carbocycles. The van der Waals surface area contributed by atoms with E-state index in [1.165, 1.54) is 25.7 Å². The SMILES string of the molecule is CC[C@H]1[C@@H](O)C2C3CC[C@H]([C@H](C)CC4(O)CC(c5ccccc5C(=O)O)C4)[C@@]3(C)CCC2[C@@]2(C)CC[C@@H](O)C[C@@H]12. The average Bonchev–Trinajstić information content (AvgIpc) is 3.25. The third-order valence-corrected chi connectivity index (χ3v) is 13.7. The summed E-state index contributed by atoms with van der Waals surface area (Å²) in [4.78, 5) is 11.7. The summed E-state index contributed by atoms with van der Waals surface area (Å²) >= 11 is 0. The van der Waals surface area contributed by atoms with Gasteiger partial charge in [0, 0.05) is 0 Å². The van der Waals surface area contributed by atoms with Crippen molar-refractivity contribution in [1.82, 2.24) is 0 Å². The molecule has 1 aromatic carbocycles. The highest BCUT2D eigenvalue weighted by Gasteiger charge is 2.65. The van der Waals surface area contributed by atoms with Crippen LogP contribution in [0.5, 0.6) is 0 Å². The van der Waals surface area contributed by atoms with Gasteiger partial charge >= 0.3 is 5.97 Å². The number of carboxylic acid groups (broad SMARTS) is 1. The number of rotatable bonds is 6. The lowest BCUT2D eigenvalue weighted by molar-refractivity contribution is -0.204. The molecule has 6 rings (SSSR count). The summed E-state index contributed by atoms with van der Waals surface area (Å²) in [5, 5.41) is 43.7. The van der Waals surface area contributed by atoms with Crippen molar-refractivity contribution in [2.45, 2.75) is 122 Å². The molecule has 5 aliphatic rings. The van der Waals surface area contributed by atoms with Crippen LogP contribution in [0.25, 0.3) is 0 Å². The summed E-state index contributed by atoms with van der Waals surface area (Å²) < 4.78 is 0. The number of hydrogen-bond acceptors (Lipinski definition) is 4. The highest BCUT2D eigenvalue weighted by atomic mass is 16.4. The van der Waals surface area contributed by atoms with E-state index in [9.17, 15) is 25.2 Å². The minimum Gasteiger partial charge on any atom is -0.478 e. The molecule has 0 aromatic heterocycles.